The number of aryl methyl sites for hydroxylation is 1. The van der Waals surface area contributed by atoms with Crippen LogP contribution < -0.4 is 11.3 Å². The van der Waals surface area contributed by atoms with Crippen molar-refractivity contribution in [3.05, 3.63) is 30.1 Å². The normalized spacial score (nSPS) is 14.5. The van der Waals surface area contributed by atoms with Crippen molar-refractivity contribution < 1.29 is 4.74 Å². The second-order valence-electron chi connectivity index (χ2n) is 5.62. The van der Waals surface area contributed by atoms with Gasteiger partial charge in [0.25, 0.3) is 0 Å². The summed E-state index contributed by atoms with van der Waals surface area (Å²) >= 11 is 0. The highest BCUT2D eigenvalue weighted by Gasteiger charge is 2.17. The van der Waals surface area contributed by atoms with E-state index in [2.05, 4.69) is 42.0 Å². The van der Waals surface area contributed by atoms with Gasteiger partial charge in [-0.3, -0.25) is 11.3 Å². The van der Waals surface area contributed by atoms with Crippen LogP contribution in [0, 0.1) is 5.92 Å². The summed E-state index contributed by atoms with van der Waals surface area (Å²) in [7, 11) is 1.73. The number of hydrogen-bond donors (Lipinski definition) is 2. The minimum Gasteiger partial charge on any atom is -0.384 e. The van der Waals surface area contributed by atoms with Crippen molar-refractivity contribution in [3.63, 3.8) is 0 Å². The molecule has 0 aliphatic carbocycles. The second-order valence-corrected chi connectivity index (χ2v) is 5.62. The summed E-state index contributed by atoms with van der Waals surface area (Å²) < 4.78 is 7.47. The molecule has 1 aromatic carbocycles. The number of nitrogens with two attached hydrogens (primary N) is 1. The van der Waals surface area contributed by atoms with E-state index in [1.807, 2.05) is 6.07 Å². The van der Waals surface area contributed by atoms with Gasteiger partial charge in [-0.15, -0.1) is 0 Å². The predicted molar refractivity (Wildman–Crippen MR) is 85.9 cm³/mol. The number of ether oxygens (including phenoxy) is 1. The van der Waals surface area contributed by atoms with E-state index in [-0.39, 0.29) is 6.04 Å². The van der Waals surface area contributed by atoms with Gasteiger partial charge in [-0.2, -0.15) is 0 Å². The lowest BCUT2D eigenvalue weighted by atomic mass is 10.0. The minimum absolute atomic E-state index is 0.206. The zero-order chi connectivity index (χ0) is 15.2. The monoisotopic (exact) mass is 290 g/mol. The fourth-order valence-electron chi connectivity index (χ4n) is 2.90. The largest absolute Gasteiger partial charge is 0.384 e. The third kappa shape index (κ3) is 3.81. The lowest BCUT2D eigenvalue weighted by Crippen LogP contribution is -2.39. The van der Waals surface area contributed by atoms with Crippen LogP contribution in [0.2, 0.25) is 0 Å². The SMILES string of the molecule is CCn1c(CC(CC(C)COC)NN)nc2ccccc21. The van der Waals surface area contributed by atoms with Crippen LogP contribution in [0.25, 0.3) is 11.0 Å². The maximum Gasteiger partial charge on any atom is 0.111 e. The van der Waals surface area contributed by atoms with Crippen LogP contribution in [0.15, 0.2) is 24.3 Å². The van der Waals surface area contributed by atoms with Crippen LogP contribution in [-0.2, 0) is 17.7 Å². The summed E-state index contributed by atoms with van der Waals surface area (Å²) in [5, 5.41) is 0. The topological polar surface area (TPSA) is 65.1 Å². The van der Waals surface area contributed by atoms with Gasteiger partial charge in [0.1, 0.15) is 5.82 Å². The van der Waals surface area contributed by atoms with Gasteiger partial charge in [0, 0.05) is 32.7 Å². The molecule has 0 bridgehead atoms. The molecule has 0 saturated carbocycles. The summed E-state index contributed by atoms with van der Waals surface area (Å²) in [5.74, 6) is 7.28. The van der Waals surface area contributed by atoms with Crippen molar-refractivity contribution in [2.45, 2.75) is 39.3 Å². The number of hydrazine groups is 1. The first kappa shape index (κ1) is 15.9. The Hall–Kier alpha value is -1.43. The van der Waals surface area contributed by atoms with Crippen LogP contribution in [-0.4, -0.2) is 29.3 Å². The summed E-state index contributed by atoms with van der Waals surface area (Å²) in [5.41, 5.74) is 5.17. The first-order valence-electron chi connectivity index (χ1n) is 7.58. The predicted octanol–water partition coefficient (Wildman–Crippen LogP) is 2.10. The molecule has 2 unspecified atom stereocenters. The Balaban J connectivity index is 2.17. The molecular weight excluding hydrogens is 264 g/mol. The summed E-state index contributed by atoms with van der Waals surface area (Å²) in [6.07, 6.45) is 1.80. The van der Waals surface area contributed by atoms with Crippen molar-refractivity contribution >= 4 is 11.0 Å². The minimum atomic E-state index is 0.206. The maximum atomic E-state index is 5.72. The van der Waals surface area contributed by atoms with Gasteiger partial charge in [0.2, 0.25) is 0 Å². The molecule has 5 nitrogen and oxygen atoms in total. The molecule has 0 aliphatic rings. The molecule has 0 radical (unpaired) electrons. The van der Waals surface area contributed by atoms with Crippen molar-refractivity contribution in [1.29, 1.82) is 0 Å². The Morgan fingerprint density at radius 1 is 1.38 bits per heavy atom. The molecule has 2 rings (SSSR count). The number of nitrogens with zero attached hydrogens (tertiary/aromatic N) is 2. The van der Waals surface area contributed by atoms with E-state index in [9.17, 15) is 0 Å². The Bertz CT molecular complexity index is 566. The first-order valence-corrected chi connectivity index (χ1v) is 7.58. The molecule has 1 aromatic heterocycles. The van der Waals surface area contributed by atoms with Gasteiger partial charge in [0.05, 0.1) is 11.0 Å². The average Bonchev–Trinajstić information content (AvgIpc) is 2.83. The number of rotatable bonds is 8. The zero-order valence-electron chi connectivity index (χ0n) is 13.2. The van der Waals surface area contributed by atoms with Gasteiger partial charge < -0.3 is 9.30 Å². The second kappa shape index (κ2) is 7.54. The van der Waals surface area contributed by atoms with Gasteiger partial charge in [0.15, 0.2) is 0 Å². The molecule has 2 aromatic rings. The average molecular weight is 290 g/mol. The first-order chi connectivity index (χ1) is 10.2. The Morgan fingerprint density at radius 2 is 2.14 bits per heavy atom. The highest BCUT2D eigenvalue weighted by atomic mass is 16.5. The molecule has 0 aliphatic heterocycles. The molecule has 0 amide bonds. The lowest BCUT2D eigenvalue weighted by molar-refractivity contribution is 0.149. The van der Waals surface area contributed by atoms with Gasteiger partial charge >= 0.3 is 0 Å². The smallest absolute Gasteiger partial charge is 0.111 e. The van der Waals surface area contributed by atoms with Crippen molar-refractivity contribution in [2.24, 2.45) is 11.8 Å². The Labute approximate surface area is 126 Å². The fourth-order valence-corrected chi connectivity index (χ4v) is 2.90. The maximum absolute atomic E-state index is 5.72. The number of imidazole rings is 1. The number of methoxy groups -OCH3 is 1. The molecule has 0 spiro atoms. The quantitative estimate of drug-likeness (QED) is 0.577. The zero-order valence-corrected chi connectivity index (χ0v) is 13.2. The van der Waals surface area contributed by atoms with E-state index in [1.165, 1.54) is 5.52 Å². The lowest BCUT2D eigenvalue weighted by Gasteiger charge is -2.20. The molecule has 0 fully saturated rings. The van der Waals surface area contributed by atoms with Gasteiger partial charge in [-0.05, 0) is 31.4 Å². The molecule has 21 heavy (non-hydrogen) atoms. The van der Waals surface area contributed by atoms with E-state index >= 15 is 0 Å². The number of para-hydroxylation sites is 2. The molecule has 0 saturated heterocycles. The number of nitrogens with one attached hydrogen (secondary N) is 1. The number of aromatic nitrogens is 2. The highest BCUT2D eigenvalue weighted by molar-refractivity contribution is 5.75. The van der Waals surface area contributed by atoms with Crippen LogP contribution in [0.4, 0.5) is 0 Å². The Kier molecular flexibility index (Phi) is 5.73. The number of fused-ring (bicyclic) bond motifs is 1. The third-order valence-corrected chi connectivity index (χ3v) is 3.85. The van der Waals surface area contributed by atoms with Crippen molar-refractivity contribution in [3.8, 4) is 0 Å². The summed E-state index contributed by atoms with van der Waals surface area (Å²) in [6.45, 7) is 6.00. The highest BCUT2D eigenvalue weighted by Crippen LogP contribution is 2.18. The third-order valence-electron chi connectivity index (χ3n) is 3.85. The summed E-state index contributed by atoms with van der Waals surface area (Å²) in [6, 6.07) is 8.46. The van der Waals surface area contributed by atoms with Crippen LogP contribution in [0.5, 0.6) is 0 Å². The van der Waals surface area contributed by atoms with E-state index in [4.69, 9.17) is 15.6 Å². The molecule has 3 N–H and O–H groups in total. The molecule has 1 heterocycles. The van der Waals surface area contributed by atoms with Crippen LogP contribution in [0.1, 0.15) is 26.1 Å². The molecule has 2 atom stereocenters. The summed E-state index contributed by atoms with van der Waals surface area (Å²) in [4.78, 5) is 4.76. The van der Waals surface area contributed by atoms with E-state index in [0.717, 1.165) is 37.3 Å². The van der Waals surface area contributed by atoms with Crippen LogP contribution >= 0.6 is 0 Å². The number of hydrogen-bond acceptors (Lipinski definition) is 4. The van der Waals surface area contributed by atoms with E-state index in [0.29, 0.717) is 5.92 Å². The van der Waals surface area contributed by atoms with E-state index < -0.39 is 0 Å². The van der Waals surface area contributed by atoms with Crippen LogP contribution in [0.3, 0.4) is 0 Å². The standard InChI is InChI=1S/C16H26N4O/c1-4-20-15-8-6-5-7-14(15)18-16(20)10-13(19-17)9-12(2)11-21-3/h5-8,12-13,19H,4,9-11,17H2,1-3H3. The molecule has 5 heteroatoms. The van der Waals surface area contributed by atoms with Gasteiger partial charge in [-0.1, -0.05) is 19.1 Å². The molecular formula is C16H26N4O. The van der Waals surface area contributed by atoms with Crippen molar-refractivity contribution in [2.75, 3.05) is 13.7 Å². The van der Waals surface area contributed by atoms with Gasteiger partial charge in [-0.25, -0.2) is 4.98 Å². The Morgan fingerprint density at radius 3 is 2.81 bits per heavy atom. The van der Waals surface area contributed by atoms with Crippen molar-refractivity contribution in [1.82, 2.24) is 15.0 Å². The number of benzene rings is 1. The molecule has 116 valence electrons. The van der Waals surface area contributed by atoms with E-state index in [1.54, 1.807) is 7.11 Å². The fraction of sp³-hybridized carbons (Fsp3) is 0.562.